The van der Waals surface area contributed by atoms with Gasteiger partial charge in [0, 0.05) is 10.9 Å². The maximum absolute atomic E-state index is 13.3. The van der Waals surface area contributed by atoms with Crippen LogP contribution in [0.3, 0.4) is 0 Å². The summed E-state index contributed by atoms with van der Waals surface area (Å²) in [6.45, 7) is 2.13. The first-order valence-corrected chi connectivity index (χ1v) is 8.54. The van der Waals surface area contributed by atoms with Gasteiger partial charge < -0.3 is 0 Å². The molecule has 0 amide bonds. The molecule has 0 aliphatic carbocycles. The smallest absolute Gasteiger partial charge is 0.137 e. The fourth-order valence-electron chi connectivity index (χ4n) is 2.14. The lowest BCUT2D eigenvalue weighted by Gasteiger charge is -2.17. The highest BCUT2D eigenvalue weighted by Gasteiger charge is 2.11. The molecule has 0 saturated heterocycles. The average Bonchev–Trinajstić information content (AvgIpc) is 2.50. The first-order valence-electron chi connectivity index (χ1n) is 6.77. The Labute approximate surface area is 137 Å². The predicted octanol–water partition coefficient (Wildman–Crippen LogP) is 4.45. The van der Waals surface area contributed by atoms with E-state index in [0.29, 0.717) is 10.9 Å². The number of halogens is 2. The summed E-state index contributed by atoms with van der Waals surface area (Å²) in [5.41, 5.74) is 4.99. The van der Waals surface area contributed by atoms with Gasteiger partial charge in [-0.1, -0.05) is 25.1 Å². The molecule has 0 heterocycles. The number of nitrogens with one attached hydrogen (secondary N) is 1. The Balaban J connectivity index is 2.13. The third-order valence-corrected chi connectivity index (χ3v) is 4.72. The number of hydrazine groups is 1. The van der Waals surface area contributed by atoms with Crippen LogP contribution >= 0.6 is 27.7 Å². The molecule has 2 nitrogen and oxygen atoms in total. The zero-order valence-electron chi connectivity index (χ0n) is 11.8. The monoisotopic (exact) mass is 368 g/mol. The van der Waals surface area contributed by atoms with Crippen LogP contribution < -0.4 is 11.3 Å². The molecule has 21 heavy (non-hydrogen) atoms. The predicted molar refractivity (Wildman–Crippen MR) is 90.7 cm³/mol. The molecule has 0 spiro atoms. The molecule has 0 radical (unpaired) electrons. The van der Waals surface area contributed by atoms with E-state index in [-0.39, 0.29) is 11.9 Å². The molecule has 2 rings (SSSR count). The van der Waals surface area contributed by atoms with Gasteiger partial charge in [-0.3, -0.25) is 11.3 Å². The standard InChI is InChI=1S/C16H18BrFN2S/c1-2-21-13-6-4-12(5-7-13)16(20-19)10-11-3-8-15(18)14(17)9-11/h3-9,16,20H,2,10,19H2,1H3. The summed E-state index contributed by atoms with van der Waals surface area (Å²) in [5.74, 6) is 6.48. The van der Waals surface area contributed by atoms with Crippen molar-refractivity contribution >= 4 is 27.7 Å². The lowest BCUT2D eigenvalue weighted by atomic mass is 9.99. The maximum atomic E-state index is 13.3. The van der Waals surface area contributed by atoms with E-state index in [9.17, 15) is 4.39 Å². The molecule has 1 unspecified atom stereocenters. The zero-order valence-corrected chi connectivity index (χ0v) is 14.2. The Morgan fingerprint density at radius 3 is 2.52 bits per heavy atom. The van der Waals surface area contributed by atoms with E-state index in [1.165, 1.54) is 11.0 Å². The van der Waals surface area contributed by atoms with Crippen LogP contribution in [0.5, 0.6) is 0 Å². The summed E-state index contributed by atoms with van der Waals surface area (Å²) >= 11 is 5.02. The van der Waals surface area contributed by atoms with Gasteiger partial charge in [0.05, 0.1) is 4.47 Å². The van der Waals surface area contributed by atoms with Crippen LogP contribution in [0.2, 0.25) is 0 Å². The largest absolute Gasteiger partial charge is 0.271 e. The number of thioether (sulfide) groups is 1. The van der Waals surface area contributed by atoms with Crippen molar-refractivity contribution in [2.24, 2.45) is 5.84 Å². The average molecular weight is 369 g/mol. The lowest BCUT2D eigenvalue weighted by molar-refractivity contribution is 0.550. The van der Waals surface area contributed by atoms with Crippen molar-refractivity contribution in [2.45, 2.75) is 24.3 Å². The van der Waals surface area contributed by atoms with Crippen LogP contribution in [0.4, 0.5) is 4.39 Å². The highest BCUT2D eigenvalue weighted by Crippen LogP contribution is 2.24. The van der Waals surface area contributed by atoms with E-state index in [4.69, 9.17) is 5.84 Å². The molecular formula is C16H18BrFN2S. The van der Waals surface area contributed by atoms with Crippen molar-refractivity contribution in [3.63, 3.8) is 0 Å². The van der Waals surface area contributed by atoms with Crippen molar-refractivity contribution in [1.82, 2.24) is 5.43 Å². The van der Waals surface area contributed by atoms with Crippen LogP contribution in [0.15, 0.2) is 51.8 Å². The fourth-order valence-corrected chi connectivity index (χ4v) is 3.23. The molecule has 0 aliphatic rings. The topological polar surface area (TPSA) is 38.0 Å². The van der Waals surface area contributed by atoms with E-state index >= 15 is 0 Å². The van der Waals surface area contributed by atoms with Gasteiger partial charge in [0.15, 0.2) is 0 Å². The van der Waals surface area contributed by atoms with Crippen LogP contribution in [0.25, 0.3) is 0 Å². The van der Waals surface area contributed by atoms with Gasteiger partial charge >= 0.3 is 0 Å². The van der Waals surface area contributed by atoms with Crippen molar-refractivity contribution in [3.05, 3.63) is 63.9 Å². The van der Waals surface area contributed by atoms with Crippen molar-refractivity contribution in [3.8, 4) is 0 Å². The molecule has 112 valence electrons. The molecule has 0 saturated carbocycles. The summed E-state index contributed by atoms with van der Waals surface area (Å²) in [6.07, 6.45) is 0.704. The van der Waals surface area contributed by atoms with E-state index in [1.807, 2.05) is 11.8 Å². The molecule has 3 N–H and O–H groups in total. The van der Waals surface area contributed by atoms with Gasteiger partial charge in [0.1, 0.15) is 5.82 Å². The van der Waals surface area contributed by atoms with Gasteiger partial charge in [-0.2, -0.15) is 0 Å². The summed E-state index contributed by atoms with van der Waals surface area (Å²) in [7, 11) is 0. The first-order chi connectivity index (χ1) is 10.1. The van der Waals surface area contributed by atoms with Crippen molar-refractivity contribution in [2.75, 3.05) is 5.75 Å². The minimum Gasteiger partial charge on any atom is -0.271 e. The van der Waals surface area contributed by atoms with Gasteiger partial charge in [-0.15, -0.1) is 11.8 Å². The number of hydrogen-bond acceptors (Lipinski definition) is 3. The van der Waals surface area contributed by atoms with Gasteiger partial charge in [-0.25, -0.2) is 4.39 Å². The molecule has 2 aromatic carbocycles. The Morgan fingerprint density at radius 1 is 1.24 bits per heavy atom. The van der Waals surface area contributed by atoms with E-state index < -0.39 is 0 Å². The molecule has 5 heteroatoms. The zero-order chi connectivity index (χ0) is 15.2. The Morgan fingerprint density at radius 2 is 1.95 bits per heavy atom. The molecule has 0 aliphatic heterocycles. The molecular weight excluding hydrogens is 351 g/mol. The highest BCUT2D eigenvalue weighted by atomic mass is 79.9. The SMILES string of the molecule is CCSc1ccc(C(Cc2ccc(F)c(Br)c2)NN)cc1. The molecule has 0 bridgehead atoms. The third kappa shape index (κ3) is 4.54. The van der Waals surface area contributed by atoms with E-state index in [0.717, 1.165) is 16.9 Å². The number of rotatable bonds is 6. The quantitative estimate of drug-likeness (QED) is 0.449. The molecule has 1 atom stereocenters. The van der Waals surface area contributed by atoms with E-state index in [2.05, 4.69) is 52.5 Å². The van der Waals surface area contributed by atoms with Gasteiger partial charge in [0.25, 0.3) is 0 Å². The highest BCUT2D eigenvalue weighted by molar-refractivity contribution is 9.10. The second-order valence-electron chi connectivity index (χ2n) is 4.67. The maximum Gasteiger partial charge on any atom is 0.137 e. The van der Waals surface area contributed by atoms with Crippen LogP contribution in [0, 0.1) is 5.82 Å². The molecule has 2 aromatic rings. The second-order valence-corrected chi connectivity index (χ2v) is 6.87. The van der Waals surface area contributed by atoms with Gasteiger partial charge in [-0.05, 0) is 63.5 Å². The van der Waals surface area contributed by atoms with Crippen LogP contribution in [-0.4, -0.2) is 5.75 Å². The molecule has 0 fully saturated rings. The summed E-state index contributed by atoms with van der Waals surface area (Å²) in [5, 5.41) is 0. The minimum atomic E-state index is -0.253. The third-order valence-electron chi connectivity index (χ3n) is 3.22. The normalized spacial score (nSPS) is 12.4. The minimum absolute atomic E-state index is 0.00281. The first kappa shape index (κ1) is 16.5. The Kier molecular flexibility index (Phi) is 6.23. The molecule has 0 aromatic heterocycles. The summed E-state index contributed by atoms with van der Waals surface area (Å²) < 4.78 is 13.7. The van der Waals surface area contributed by atoms with Crippen LogP contribution in [-0.2, 0) is 6.42 Å². The summed E-state index contributed by atoms with van der Waals surface area (Å²) in [6, 6.07) is 13.4. The second kappa shape index (κ2) is 7.94. The Hall–Kier alpha value is -0.880. The summed E-state index contributed by atoms with van der Waals surface area (Å²) in [4.78, 5) is 1.25. The Bertz CT molecular complexity index is 589. The lowest BCUT2D eigenvalue weighted by Crippen LogP contribution is -2.29. The van der Waals surface area contributed by atoms with E-state index in [1.54, 1.807) is 12.1 Å². The fraction of sp³-hybridized carbons (Fsp3) is 0.250. The van der Waals surface area contributed by atoms with Gasteiger partial charge in [0.2, 0.25) is 0 Å². The number of hydrogen-bond donors (Lipinski definition) is 2. The van der Waals surface area contributed by atoms with Crippen LogP contribution in [0.1, 0.15) is 24.1 Å². The van der Waals surface area contributed by atoms with Crippen molar-refractivity contribution in [1.29, 1.82) is 0 Å². The number of nitrogens with two attached hydrogens (primary N) is 1. The number of benzene rings is 2. The van der Waals surface area contributed by atoms with Crippen molar-refractivity contribution < 1.29 is 4.39 Å².